The molecular weight excluding hydrogens is 380 g/mol. The van der Waals surface area contributed by atoms with E-state index in [2.05, 4.69) is 24.0 Å². The van der Waals surface area contributed by atoms with E-state index in [1.807, 2.05) is 17.0 Å². The first-order valence-corrected chi connectivity index (χ1v) is 10.9. The molecule has 1 amide bonds. The van der Waals surface area contributed by atoms with Gasteiger partial charge in [0.1, 0.15) is 5.75 Å². The number of esters is 1. The molecule has 6 heteroatoms. The summed E-state index contributed by atoms with van der Waals surface area (Å²) in [5, 5.41) is 0. The smallest absolute Gasteiger partial charge is 0.302 e. The number of hydrogen-bond donors (Lipinski definition) is 0. The van der Waals surface area contributed by atoms with Crippen LogP contribution in [-0.2, 0) is 19.7 Å². The second-order valence-electron chi connectivity index (χ2n) is 9.17. The number of fused-ring (bicyclic) bond motifs is 2. The molecule has 0 radical (unpaired) electrons. The number of amides is 1. The van der Waals surface area contributed by atoms with Gasteiger partial charge in [0.15, 0.2) is 0 Å². The summed E-state index contributed by atoms with van der Waals surface area (Å²) in [5.74, 6) is 1.03. The number of piperidine rings is 1. The predicted molar refractivity (Wildman–Crippen MR) is 114 cm³/mol. The van der Waals surface area contributed by atoms with Gasteiger partial charge in [0, 0.05) is 43.5 Å². The van der Waals surface area contributed by atoms with E-state index in [4.69, 9.17) is 9.47 Å². The van der Waals surface area contributed by atoms with Crippen LogP contribution in [0.3, 0.4) is 0 Å². The third kappa shape index (κ3) is 2.46. The van der Waals surface area contributed by atoms with Crippen molar-refractivity contribution in [3.05, 3.63) is 35.4 Å². The Labute approximate surface area is 177 Å². The van der Waals surface area contributed by atoms with E-state index in [1.165, 1.54) is 18.1 Å². The number of hydrogen-bond acceptors (Lipinski definition) is 5. The van der Waals surface area contributed by atoms with E-state index in [-0.39, 0.29) is 29.3 Å². The molecule has 5 rings (SSSR count). The molecule has 2 bridgehead atoms. The van der Waals surface area contributed by atoms with Gasteiger partial charge in [0.2, 0.25) is 5.91 Å². The summed E-state index contributed by atoms with van der Waals surface area (Å²) in [5.41, 5.74) is 3.49. The van der Waals surface area contributed by atoms with Crippen LogP contribution in [0.5, 0.6) is 5.75 Å². The molecular formula is C24H30N2O4. The van der Waals surface area contributed by atoms with Crippen LogP contribution in [0.25, 0.3) is 0 Å². The summed E-state index contributed by atoms with van der Waals surface area (Å²) < 4.78 is 11.2. The van der Waals surface area contributed by atoms with Crippen molar-refractivity contribution in [1.82, 2.24) is 4.90 Å². The maximum absolute atomic E-state index is 13.0. The van der Waals surface area contributed by atoms with Gasteiger partial charge < -0.3 is 14.4 Å². The van der Waals surface area contributed by atoms with Crippen molar-refractivity contribution >= 4 is 17.6 Å². The number of nitrogens with zero attached hydrogens (tertiary/aromatic N) is 2. The van der Waals surface area contributed by atoms with E-state index >= 15 is 0 Å². The van der Waals surface area contributed by atoms with Gasteiger partial charge in [-0.05, 0) is 56.0 Å². The molecule has 5 atom stereocenters. The molecule has 160 valence electrons. The Balaban J connectivity index is 1.72. The summed E-state index contributed by atoms with van der Waals surface area (Å²) in [4.78, 5) is 29.3. The van der Waals surface area contributed by atoms with Crippen molar-refractivity contribution in [1.29, 1.82) is 0 Å². The van der Waals surface area contributed by atoms with Crippen molar-refractivity contribution < 1.29 is 19.1 Å². The van der Waals surface area contributed by atoms with Crippen molar-refractivity contribution in [3.63, 3.8) is 0 Å². The lowest BCUT2D eigenvalue weighted by atomic mass is 9.55. The summed E-state index contributed by atoms with van der Waals surface area (Å²) >= 11 is 0. The van der Waals surface area contributed by atoms with Gasteiger partial charge in [-0.15, -0.1) is 0 Å². The van der Waals surface area contributed by atoms with Crippen LogP contribution in [-0.4, -0.2) is 55.7 Å². The molecule has 1 spiro atoms. The minimum Gasteiger partial charge on any atom is -0.497 e. The molecule has 1 unspecified atom stereocenters. The van der Waals surface area contributed by atoms with Crippen LogP contribution >= 0.6 is 0 Å². The standard InChI is InChI=1S/C24H30N2O4/c1-5-16-12-25-9-8-24-20-10-17(29-4)6-7-21(20)26(14(2)27)23(24)19(13-30-15(3)28)18(16)11-22(24)25/h5-7,10,18-19,22-23H,8-9,11-13H2,1-4H3/b16-5-/t18-,19+,22-,23-,24?/m0/s1. The van der Waals surface area contributed by atoms with Crippen molar-refractivity contribution in [2.24, 2.45) is 11.8 Å². The van der Waals surface area contributed by atoms with Crippen LogP contribution < -0.4 is 9.64 Å². The average Bonchev–Trinajstić information content (AvgIpc) is 3.26. The average molecular weight is 411 g/mol. The van der Waals surface area contributed by atoms with Gasteiger partial charge in [-0.1, -0.05) is 11.6 Å². The van der Waals surface area contributed by atoms with Gasteiger partial charge in [-0.2, -0.15) is 0 Å². The van der Waals surface area contributed by atoms with Gasteiger partial charge in [0.05, 0.1) is 19.8 Å². The van der Waals surface area contributed by atoms with E-state index < -0.39 is 0 Å². The summed E-state index contributed by atoms with van der Waals surface area (Å²) in [6, 6.07) is 6.50. The number of ether oxygens (including phenoxy) is 2. The lowest BCUT2D eigenvalue weighted by Crippen LogP contribution is -2.65. The molecule has 1 aliphatic carbocycles. The molecule has 0 N–H and O–H groups in total. The highest BCUT2D eigenvalue weighted by Crippen LogP contribution is 2.63. The summed E-state index contributed by atoms with van der Waals surface area (Å²) in [7, 11) is 1.69. The van der Waals surface area contributed by atoms with Gasteiger partial charge >= 0.3 is 5.97 Å². The van der Waals surface area contributed by atoms with Crippen LogP contribution in [0.4, 0.5) is 5.69 Å². The molecule has 30 heavy (non-hydrogen) atoms. The highest BCUT2D eigenvalue weighted by molar-refractivity contribution is 5.96. The number of methoxy groups -OCH3 is 1. The third-order valence-corrected chi connectivity index (χ3v) is 8.07. The van der Waals surface area contributed by atoms with Crippen molar-refractivity contribution in [3.8, 4) is 5.75 Å². The highest BCUT2D eigenvalue weighted by Gasteiger charge is 2.68. The number of anilines is 1. The number of rotatable bonds is 3. The maximum Gasteiger partial charge on any atom is 0.302 e. The van der Waals surface area contributed by atoms with Gasteiger partial charge in [-0.25, -0.2) is 0 Å². The molecule has 3 aliphatic heterocycles. The third-order valence-electron chi connectivity index (χ3n) is 8.07. The molecule has 0 aromatic heterocycles. The van der Waals surface area contributed by atoms with Crippen LogP contribution in [0.2, 0.25) is 0 Å². The van der Waals surface area contributed by atoms with E-state index in [0.29, 0.717) is 18.6 Å². The minimum atomic E-state index is -0.261. The van der Waals surface area contributed by atoms with Crippen LogP contribution in [0.15, 0.2) is 29.8 Å². The normalized spacial score (nSPS) is 35.2. The summed E-state index contributed by atoms with van der Waals surface area (Å²) in [6.45, 7) is 7.57. The number of allylic oxidation sites excluding steroid dienone is 1. The molecule has 6 nitrogen and oxygen atoms in total. The summed E-state index contributed by atoms with van der Waals surface area (Å²) in [6.07, 6.45) is 4.28. The fourth-order valence-electron chi connectivity index (χ4n) is 7.03. The molecule has 3 heterocycles. The van der Waals surface area contributed by atoms with E-state index in [1.54, 1.807) is 14.0 Å². The Bertz CT molecular complexity index is 941. The van der Waals surface area contributed by atoms with Gasteiger partial charge in [-0.3, -0.25) is 14.5 Å². The second-order valence-corrected chi connectivity index (χ2v) is 9.17. The van der Waals surface area contributed by atoms with Crippen molar-refractivity contribution in [2.75, 3.05) is 31.7 Å². The molecule has 1 aromatic rings. The monoisotopic (exact) mass is 410 g/mol. The lowest BCUT2D eigenvalue weighted by Gasteiger charge is -2.56. The first-order valence-electron chi connectivity index (χ1n) is 10.9. The Morgan fingerprint density at radius 3 is 2.77 bits per heavy atom. The van der Waals surface area contributed by atoms with Crippen molar-refractivity contribution in [2.45, 2.75) is 51.1 Å². The molecule has 1 saturated carbocycles. The van der Waals surface area contributed by atoms with Crippen LogP contribution in [0, 0.1) is 11.8 Å². The SMILES string of the molecule is C/C=C1/CN2CCC34c5cc(OC)ccc5N(C(C)=O)[C@H]3[C@H](COC(C)=O)[C@H]1C[C@H]24. The molecule has 4 aliphatic rings. The zero-order valence-electron chi connectivity index (χ0n) is 18.2. The topological polar surface area (TPSA) is 59.1 Å². The van der Waals surface area contributed by atoms with Gasteiger partial charge in [0.25, 0.3) is 0 Å². The van der Waals surface area contributed by atoms with E-state index in [0.717, 1.165) is 37.4 Å². The zero-order chi connectivity index (χ0) is 21.2. The van der Waals surface area contributed by atoms with Crippen LogP contribution in [0.1, 0.15) is 39.2 Å². The molecule has 3 fully saturated rings. The zero-order valence-corrected chi connectivity index (χ0v) is 18.2. The highest BCUT2D eigenvalue weighted by atomic mass is 16.5. The predicted octanol–water partition coefficient (Wildman–Crippen LogP) is 2.90. The fourth-order valence-corrected chi connectivity index (χ4v) is 7.03. The first kappa shape index (κ1) is 19.6. The molecule has 2 saturated heterocycles. The largest absolute Gasteiger partial charge is 0.497 e. The lowest BCUT2D eigenvalue weighted by molar-refractivity contribution is -0.144. The number of carbonyl (C=O) groups is 2. The minimum absolute atomic E-state index is 0.0135. The first-order chi connectivity index (χ1) is 14.4. The number of carbonyl (C=O) groups excluding carboxylic acids is 2. The fraction of sp³-hybridized carbons (Fsp3) is 0.583. The Morgan fingerprint density at radius 1 is 1.30 bits per heavy atom. The number of benzene rings is 1. The van der Waals surface area contributed by atoms with E-state index in [9.17, 15) is 9.59 Å². The second kappa shape index (κ2) is 6.84. The molecule has 1 aromatic carbocycles. The Kier molecular flexibility index (Phi) is 4.47. The quantitative estimate of drug-likeness (QED) is 0.567. The maximum atomic E-state index is 13.0. The Hall–Kier alpha value is -2.34. The Morgan fingerprint density at radius 2 is 2.10 bits per heavy atom.